The fraction of sp³-hybridized carbons (Fsp3) is 0.375. The summed E-state index contributed by atoms with van der Waals surface area (Å²) in [6, 6.07) is 14.3. The molecule has 2 aliphatic rings. The summed E-state index contributed by atoms with van der Waals surface area (Å²) in [6.45, 7) is 1.13. The van der Waals surface area contributed by atoms with Crippen LogP contribution >= 0.6 is 23.2 Å². The van der Waals surface area contributed by atoms with Crippen LogP contribution in [0.1, 0.15) is 12.8 Å². The third kappa shape index (κ3) is 4.65. The van der Waals surface area contributed by atoms with Gasteiger partial charge in [-0.25, -0.2) is 4.79 Å². The second-order valence-electron chi connectivity index (χ2n) is 8.77. The predicted octanol–water partition coefficient (Wildman–Crippen LogP) is 3.75. The van der Waals surface area contributed by atoms with E-state index in [1.54, 1.807) is 42.1 Å². The number of carbonyl (C=O) groups excluding carboxylic acids is 3. The van der Waals surface area contributed by atoms with Crippen LogP contribution < -0.4 is 10.2 Å². The summed E-state index contributed by atoms with van der Waals surface area (Å²) in [4.78, 5) is 45.7. The molecule has 10 heteroatoms. The van der Waals surface area contributed by atoms with E-state index in [0.29, 0.717) is 48.3 Å². The fourth-order valence-electron chi connectivity index (χ4n) is 4.49. The van der Waals surface area contributed by atoms with Crippen molar-refractivity contribution < 1.29 is 14.4 Å². The lowest BCUT2D eigenvalue weighted by Crippen LogP contribution is -2.58. The van der Waals surface area contributed by atoms with Crippen LogP contribution in [-0.4, -0.2) is 78.5 Å². The van der Waals surface area contributed by atoms with Gasteiger partial charge >= 0.3 is 6.03 Å². The average Bonchev–Trinajstić information content (AvgIpc) is 3.08. The first-order valence-electron chi connectivity index (χ1n) is 11.0. The summed E-state index contributed by atoms with van der Waals surface area (Å²) in [5, 5.41) is 3.67. The molecule has 1 N–H and O–H groups in total. The Balaban J connectivity index is 1.51. The Morgan fingerprint density at radius 2 is 1.74 bits per heavy atom. The molecule has 2 fully saturated rings. The molecule has 0 radical (unpaired) electrons. The number of urea groups is 1. The molecule has 1 spiro atoms. The molecule has 2 saturated heterocycles. The van der Waals surface area contributed by atoms with Crippen LogP contribution in [0, 0.1) is 0 Å². The number of rotatable bonds is 4. The zero-order chi connectivity index (χ0) is 24.5. The smallest absolute Gasteiger partial charge is 0.321 e. The highest BCUT2D eigenvalue weighted by Gasteiger charge is 2.54. The van der Waals surface area contributed by atoms with Gasteiger partial charge in [-0.15, -0.1) is 0 Å². The minimum absolute atomic E-state index is 0.0240. The monoisotopic (exact) mass is 503 g/mol. The lowest BCUT2D eigenvalue weighted by Gasteiger charge is -2.43. The Bertz CT molecular complexity index is 1090. The number of benzene rings is 2. The summed E-state index contributed by atoms with van der Waals surface area (Å²) in [7, 11) is 3.36. The van der Waals surface area contributed by atoms with Crippen LogP contribution in [0.3, 0.4) is 0 Å². The summed E-state index contributed by atoms with van der Waals surface area (Å²) >= 11 is 12.1. The van der Waals surface area contributed by atoms with E-state index in [1.165, 1.54) is 4.90 Å². The number of para-hydroxylation sites is 1. The Kier molecular flexibility index (Phi) is 6.91. The predicted molar refractivity (Wildman–Crippen MR) is 133 cm³/mol. The third-order valence-corrected chi connectivity index (χ3v) is 7.01. The molecule has 0 unspecified atom stereocenters. The summed E-state index contributed by atoms with van der Waals surface area (Å²) < 4.78 is 0. The van der Waals surface area contributed by atoms with Gasteiger partial charge in [-0.05, 0) is 43.2 Å². The molecule has 2 heterocycles. The Morgan fingerprint density at radius 3 is 2.35 bits per heavy atom. The van der Waals surface area contributed by atoms with Crippen LogP contribution in [0.4, 0.5) is 16.2 Å². The first kappa shape index (κ1) is 24.2. The van der Waals surface area contributed by atoms with E-state index >= 15 is 0 Å². The lowest BCUT2D eigenvalue weighted by atomic mass is 9.85. The summed E-state index contributed by atoms with van der Waals surface area (Å²) in [5.41, 5.74) is 0.594. The highest BCUT2D eigenvalue weighted by Crippen LogP contribution is 2.39. The van der Waals surface area contributed by atoms with E-state index in [2.05, 4.69) is 10.2 Å². The van der Waals surface area contributed by atoms with E-state index in [1.807, 2.05) is 30.3 Å². The topological polar surface area (TPSA) is 76.2 Å². The van der Waals surface area contributed by atoms with Gasteiger partial charge in [0.15, 0.2) is 0 Å². The van der Waals surface area contributed by atoms with E-state index in [4.69, 9.17) is 23.2 Å². The Labute approximate surface area is 209 Å². The summed E-state index contributed by atoms with van der Waals surface area (Å²) in [5.74, 6) is -0.206. The molecule has 0 atom stereocenters. The van der Waals surface area contributed by atoms with Crippen LogP contribution in [-0.2, 0) is 9.59 Å². The molecular formula is C24H27Cl2N5O3. The van der Waals surface area contributed by atoms with Gasteiger partial charge in [0, 0.05) is 37.9 Å². The van der Waals surface area contributed by atoms with Gasteiger partial charge in [0.05, 0.1) is 17.4 Å². The van der Waals surface area contributed by atoms with E-state index < -0.39 is 5.54 Å². The minimum Gasteiger partial charge on any atom is -0.347 e. The maximum absolute atomic E-state index is 13.6. The van der Waals surface area contributed by atoms with Gasteiger partial charge in [-0.2, -0.15) is 0 Å². The fourth-order valence-corrected chi connectivity index (χ4v) is 4.95. The number of likely N-dealkylation sites (N-methyl/N-ethyl adjacent to an activating group) is 1. The number of likely N-dealkylation sites (tertiary alicyclic amines) is 1. The van der Waals surface area contributed by atoms with Crippen LogP contribution in [0.5, 0.6) is 0 Å². The van der Waals surface area contributed by atoms with Gasteiger partial charge in [0.1, 0.15) is 12.1 Å². The first-order valence-corrected chi connectivity index (χ1v) is 11.8. The van der Waals surface area contributed by atoms with Crippen molar-refractivity contribution in [2.24, 2.45) is 0 Å². The first-order chi connectivity index (χ1) is 16.2. The van der Waals surface area contributed by atoms with Crippen molar-refractivity contribution in [3.63, 3.8) is 0 Å². The van der Waals surface area contributed by atoms with Crippen molar-refractivity contribution in [1.82, 2.24) is 14.7 Å². The SMILES string of the molecule is CN(C)C(=O)CN1CN(c2ccccc2)C2(CCN(C(=O)Nc3ccc(Cl)cc3Cl)CC2)C1=O. The van der Waals surface area contributed by atoms with Crippen molar-refractivity contribution in [1.29, 1.82) is 0 Å². The average molecular weight is 504 g/mol. The second kappa shape index (κ2) is 9.72. The molecule has 0 aromatic heterocycles. The van der Waals surface area contributed by atoms with Crippen LogP contribution in [0.15, 0.2) is 48.5 Å². The molecule has 2 aromatic rings. The zero-order valence-corrected chi connectivity index (χ0v) is 20.6. The quantitative estimate of drug-likeness (QED) is 0.689. The lowest BCUT2D eigenvalue weighted by molar-refractivity contribution is -0.139. The molecule has 0 bridgehead atoms. The maximum atomic E-state index is 13.6. The largest absolute Gasteiger partial charge is 0.347 e. The van der Waals surface area contributed by atoms with E-state index in [-0.39, 0.29) is 24.4 Å². The molecule has 4 amide bonds. The number of piperidine rings is 1. The highest BCUT2D eigenvalue weighted by molar-refractivity contribution is 6.36. The molecule has 0 aliphatic carbocycles. The molecule has 34 heavy (non-hydrogen) atoms. The van der Waals surface area contributed by atoms with Crippen molar-refractivity contribution >= 4 is 52.4 Å². The van der Waals surface area contributed by atoms with Gasteiger partial charge in [-0.3, -0.25) is 9.59 Å². The normalized spacial score (nSPS) is 17.3. The van der Waals surface area contributed by atoms with Gasteiger partial charge in [0.2, 0.25) is 5.91 Å². The minimum atomic E-state index is -0.803. The molecule has 180 valence electrons. The number of nitrogens with one attached hydrogen (secondary N) is 1. The van der Waals surface area contributed by atoms with Gasteiger partial charge in [0.25, 0.3) is 5.91 Å². The van der Waals surface area contributed by atoms with E-state index in [0.717, 1.165) is 5.69 Å². The Morgan fingerprint density at radius 1 is 1.06 bits per heavy atom. The number of amides is 4. The molecule has 8 nitrogen and oxygen atoms in total. The molecule has 2 aromatic carbocycles. The number of carbonyl (C=O) groups is 3. The van der Waals surface area contributed by atoms with Gasteiger partial charge < -0.3 is 24.9 Å². The van der Waals surface area contributed by atoms with Gasteiger partial charge in [-0.1, -0.05) is 41.4 Å². The number of halogens is 2. The van der Waals surface area contributed by atoms with Crippen molar-refractivity contribution in [2.45, 2.75) is 18.4 Å². The maximum Gasteiger partial charge on any atom is 0.321 e. The third-order valence-electron chi connectivity index (χ3n) is 6.46. The number of hydrogen-bond donors (Lipinski definition) is 1. The van der Waals surface area contributed by atoms with Crippen LogP contribution in [0.2, 0.25) is 10.0 Å². The molecule has 2 aliphatic heterocycles. The van der Waals surface area contributed by atoms with E-state index in [9.17, 15) is 14.4 Å². The number of nitrogens with zero attached hydrogens (tertiary/aromatic N) is 4. The number of anilines is 2. The Hall–Kier alpha value is -2.97. The second-order valence-corrected chi connectivity index (χ2v) is 9.61. The molecule has 4 rings (SSSR count). The zero-order valence-electron chi connectivity index (χ0n) is 19.1. The van der Waals surface area contributed by atoms with Crippen molar-refractivity contribution in [2.75, 3.05) is 50.6 Å². The molecular weight excluding hydrogens is 477 g/mol. The standard InChI is InChI=1S/C24H27Cl2N5O3/c1-28(2)21(32)15-30-16-31(18-6-4-3-5-7-18)24(22(30)33)10-12-29(13-11-24)23(34)27-20-9-8-17(25)14-19(20)26/h3-9,14H,10-13,15-16H2,1-2H3,(H,27,34). The molecule has 0 saturated carbocycles. The highest BCUT2D eigenvalue weighted by atomic mass is 35.5. The van der Waals surface area contributed by atoms with Crippen molar-refractivity contribution in [3.05, 3.63) is 58.6 Å². The summed E-state index contributed by atoms with van der Waals surface area (Å²) in [6.07, 6.45) is 0.907. The van der Waals surface area contributed by atoms with Crippen molar-refractivity contribution in [3.8, 4) is 0 Å². The number of hydrogen-bond acceptors (Lipinski definition) is 4. The van der Waals surface area contributed by atoms with Crippen LogP contribution in [0.25, 0.3) is 0 Å².